The molecule has 0 N–H and O–H groups in total. The minimum absolute atomic E-state index is 0. The van der Waals surface area contributed by atoms with E-state index in [-0.39, 0.29) is 48.4 Å². The van der Waals surface area contributed by atoms with Crippen LogP contribution in [0.1, 0.15) is 12.0 Å². The molecular weight excluding hydrogens is 409 g/mol. The molecule has 1 aliphatic rings. The Balaban J connectivity index is 0.00000144. The first-order valence-corrected chi connectivity index (χ1v) is 6.13. The summed E-state index contributed by atoms with van der Waals surface area (Å²) in [6.07, 6.45) is 3.62. The van der Waals surface area contributed by atoms with Crippen molar-refractivity contribution < 1.29 is 41.9 Å². The van der Waals surface area contributed by atoms with E-state index in [0.29, 0.717) is 17.7 Å². The number of halogens is 2. The second kappa shape index (κ2) is 6.39. The average molecular weight is 419 g/mol. The van der Waals surface area contributed by atoms with E-state index in [1.807, 2.05) is 0 Å². The Hall–Kier alpha value is 0.194. The Bertz CT molecular complexity index is 464. The van der Waals surface area contributed by atoms with E-state index < -0.39 is 0 Å². The average Bonchev–Trinajstić information content (AvgIpc) is 2.28. The monoisotopic (exact) mass is 419 g/mol. The van der Waals surface area contributed by atoms with Crippen LogP contribution in [0.4, 0.5) is 4.39 Å². The third-order valence-corrected chi connectivity index (χ3v) is 3.48. The first kappa shape index (κ1) is 15.3. The molecule has 1 unspecified atom stereocenters. The van der Waals surface area contributed by atoms with Crippen molar-refractivity contribution in [2.45, 2.75) is 10.3 Å². The molecule has 1 aromatic carbocycles. The van der Waals surface area contributed by atoms with Crippen LogP contribution >= 0.6 is 22.6 Å². The van der Waals surface area contributed by atoms with Gasteiger partial charge in [0.1, 0.15) is 0 Å². The summed E-state index contributed by atoms with van der Waals surface area (Å²) >= 11 is 2.08. The van der Waals surface area contributed by atoms with Crippen LogP contribution in [0.2, 0.25) is 0 Å². The molecule has 17 heavy (non-hydrogen) atoms. The van der Waals surface area contributed by atoms with Crippen LogP contribution in [0.3, 0.4) is 0 Å². The largest absolute Gasteiger partial charge is 0.349 e. The first-order chi connectivity index (χ1) is 7.61. The zero-order valence-electron chi connectivity index (χ0n) is 9.28. The van der Waals surface area contributed by atoms with Gasteiger partial charge in [-0.1, -0.05) is 41.1 Å². The number of alkyl halides is 1. The molecule has 87 valence electrons. The second-order valence-electron chi connectivity index (χ2n) is 3.57. The first-order valence-electron chi connectivity index (χ1n) is 4.88. The van der Waals surface area contributed by atoms with Gasteiger partial charge in [0.25, 0.3) is 0 Å². The molecule has 1 heterocycles. The zero-order chi connectivity index (χ0) is 11.7. The van der Waals surface area contributed by atoms with Crippen LogP contribution in [-0.4, -0.2) is 21.8 Å². The van der Waals surface area contributed by atoms with Gasteiger partial charge in [0.2, 0.25) is 5.91 Å². The van der Waals surface area contributed by atoms with Crippen molar-refractivity contribution in [1.29, 1.82) is 0 Å². The van der Waals surface area contributed by atoms with E-state index in [2.05, 4.69) is 28.7 Å². The topological polar surface area (TPSA) is 20.3 Å². The smallest absolute Gasteiger partial charge is 0.235 e. The molecule has 0 aromatic heterocycles. The van der Waals surface area contributed by atoms with Gasteiger partial charge in [-0.2, -0.15) is 0 Å². The number of allylic oxidation sites excluding steroid dienone is 1. The van der Waals surface area contributed by atoms with Gasteiger partial charge >= 0.3 is 0 Å². The molecule has 0 fully saturated rings. The van der Waals surface area contributed by atoms with Crippen molar-refractivity contribution in [3.05, 3.63) is 41.7 Å². The van der Waals surface area contributed by atoms with Crippen LogP contribution < -0.4 is 0 Å². The number of rotatable bonds is 1. The van der Waals surface area contributed by atoms with Crippen molar-refractivity contribution in [1.82, 2.24) is 4.90 Å². The van der Waals surface area contributed by atoms with Gasteiger partial charge in [-0.15, -0.1) is 17.3 Å². The number of hydrogen-bond donors (Lipinski definition) is 0. The van der Waals surface area contributed by atoms with Crippen molar-refractivity contribution in [3.63, 3.8) is 0 Å². The molecular formula is C12H10FINOY-. The molecule has 0 saturated carbocycles. The summed E-state index contributed by atoms with van der Waals surface area (Å²) in [4.78, 5) is 13.2. The number of benzene rings is 1. The molecule has 1 aliphatic heterocycles. The second-order valence-corrected chi connectivity index (χ2v) is 5.08. The Morgan fingerprint density at radius 2 is 2.12 bits per heavy atom. The Labute approximate surface area is 139 Å². The quantitative estimate of drug-likeness (QED) is 0.390. The van der Waals surface area contributed by atoms with E-state index in [4.69, 9.17) is 0 Å². The van der Waals surface area contributed by atoms with E-state index in [9.17, 15) is 9.18 Å². The van der Waals surface area contributed by atoms with Crippen LogP contribution in [0, 0.1) is 11.9 Å². The molecule has 0 saturated heterocycles. The minimum Gasteiger partial charge on any atom is -0.349 e. The fraction of sp³-hybridized carbons (Fsp3) is 0.250. The summed E-state index contributed by atoms with van der Waals surface area (Å²) in [5.74, 6) is -0.325. The van der Waals surface area contributed by atoms with Gasteiger partial charge in [-0.05, 0) is 6.07 Å². The molecule has 1 amide bonds. The normalized spacial score (nSPS) is 19.7. The van der Waals surface area contributed by atoms with Crippen molar-refractivity contribution in [3.8, 4) is 0 Å². The van der Waals surface area contributed by atoms with E-state index in [1.54, 1.807) is 25.2 Å². The predicted octanol–water partition coefficient (Wildman–Crippen LogP) is 2.63. The molecule has 2 rings (SSSR count). The number of nitrogens with zero attached hydrogens (tertiary/aromatic N) is 1. The van der Waals surface area contributed by atoms with Crippen LogP contribution in [0.15, 0.2) is 24.3 Å². The summed E-state index contributed by atoms with van der Waals surface area (Å²) in [6, 6.07) is 6.43. The van der Waals surface area contributed by atoms with Gasteiger partial charge in [-0.3, -0.25) is 4.79 Å². The van der Waals surface area contributed by atoms with E-state index >= 15 is 0 Å². The van der Waals surface area contributed by atoms with E-state index in [0.717, 1.165) is 0 Å². The third-order valence-electron chi connectivity index (χ3n) is 2.51. The summed E-state index contributed by atoms with van der Waals surface area (Å²) in [5, 5.41) is 0. The van der Waals surface area contributed by atoms with Crippen molar-refractivity contribution in [2.75, 3.05) is 7.05 Å². The molecule has 1 radical (unpaired) electrons. The Kier molecular flexibility index (Phi) is 5.73. The minimum atomic E-state index is -0.323. The summed E-state index contributed by atoms with van der Waals surface area (Å²) < 4.78 is 13.5. The van der Waals surface area contributed by atoms with Crippen molar-refractivity contribution >= 4 is 34.2 Å². The van der Waals surface area contributed by atoms with Gasteiger partial charge in [-0.25, -0.2) is 10.5 Å². The molecule has 1 aromatic rings. The maximum atomic E-state index is 13.6. The van der Waals surface area contributed by atoms with Gasteiger partial charge in [0, 0.05) is 39.8 Å². The fourth-order valence-corrected chi connectivity index (χ4v) is 2.28. The molecule has 5 heteroatoms. The van der Waals surface area contributed by atoms with Crippen molar-refractivity contribution in [2.24, 2.45) is 0 Å². The summed E-state index contributed by atoms with van der Waals surface area (Å²) in [6.45, 7) is 0. The fourth-order valence-electron chi connectivity index (χ4n) is 1.64. The maximum absolute atomic E-state index is 13.6. The predicted molar refractivity (Wildman–Crippen MR) is 68.2 cm³/mol. The zero-order valence-corrected chi connectivity index (χ0v) is 14.3. The molecule has 0 spiro atoms. The summed E-state index contributed by atoms with van der Waals surface area (Å²) in [7, 11) is 1.65. The van der Waals surface area contributed by atoms with Crippen LogP contribution in [-0.2, 0) is 37.5 Å². The number of hydrogen-bond acceptors (Lipinski definition) is 1. The third kappa shape index (κ3) is 3.15. The maximum Gasteiger partial charge on any atom is 0.235 e. The SMILES string of the molecule is CN1C(=O)C(I)C[C-]=C1c1ccccc1F.[Y]. The number of amides is 1. The van der Waals surface area contributed by atoms with E-state index in [1.165, 1.54) is 11.0 Å². The van der Waals surface area contributed by atoms with Crippen LogP contribution in [0.5, 0.6) is 0 Å². The standard InChI is InChI=1S/C12H10FINO.Y/c1-15-11(7-6-10(14)12(15)16)8-4-2-3-5-9(8)13;/h2-5,10H,6H2,1H3;/q-1;. The molecule has 0 aliphatic carbocycles. The number of carbonyl (C=O) groups is 1. The van der Waals surface area contributed by atoms with Gasteiger partial charge in [0.05, 0.1) is 9.74 Å². The molecule has 2 nitrogen and oxygen atoms in total. The van der Waals surface area contributed by atoms with Gasteiger partial charge < -0.3 is 4.90 Å². The van der Waals surface area contributed by atoms with Gasteiger partial charge in [0.15, 0.2) is 0 Å². The number of carbonyl (C=O) groups excluding carboxylic acids is 1. The van der Waals surface area contributed by atoms with Crippen LogP contribution in [0.25, 0.3) is 5.70 Å². The summed E-state index contributed by atoms with van der Waals surface area (Å²) in [5.41, 5.74) is 0.970. The Morgan fingerprint density at radius 3 is 2.76 bits per heavy atom. The Morgan fingerprint density at radius 1 is 1.47 bits per heavy atom. The molecule has 0 bridgehead atoms. The molecule has 1 atom stereocenters.